The number of hydrogen-bond acceptors (Lipinski definition) is 4. The molecule has 0 saturated heterocycles. The fraction of sp³-hybridized carbons (Fsp3) is 0.458. The van der Waals surface area contributed by atoms with Gasteiger partial charge in [0.1, 0.15) is 5.75 Å². The Morgan fingerprint density at radius 1 is 0.944 bits per heavy atom. The predicted octanol–water partition coefficient (Wildman–Crippen LogP) is 6.01. The number of carbonyl (C=O) groups is 1. The van der Waals surface area contributed by atoms with Crippen molar-refractivity contribution in [3.05, 3.63) is 64.7 Å². The van der Waals surface area contributed by atoms with Gasteiger partial charge in [0.25, 0.3) is 0 Å². The smallest absolute Gasteiger partial charge is 0.382 e. The molecule has 0 radical (unpaired) electrons. The number of rotatable bonds is 6. The molecule has 2 aromatic rings. The summed E-state index contributed by atoms with van der Waals surface area (Å²) in [5.41, 5.74) is -2.61. The molecule has 0 aromatic heterocycles. The van der Waals surface area contributed by atoms with E-state index in [1.165, 1.54) is 6.92 Å². The normalized spacial score (nSPS) is 20.0. The number of halogens is 6. The molecule has 1 unspecified atom stereocenters. The van der Waals surface area contributed by atoms with Gasteiger partial charge in [-0.25, -0.2) is 0 Å². The number of para-hydroxylation sites is 1. The Bertz CT molecular complexity index is 1170. The van der Waals surface area contributed by atoms with Crippen LogP contribution in [-0.4, -0.2) is 26.6 Å². The molecule has 0 aliphatic heterocycles. The van der Waals surface area contributed by atoms with Crippen LogP contribution in [0.15, 0.2) is 42.5 Å². The Morgan fingerprint density at radius 3 is 1.97 bits per heavy atom. The lowest BCUT2D eigenvalue weighted by Gasteiger charge is -2.31. The summed E-state index contributed by atoms with van der Waals surface area (Å²) >= 11 is 0. The average molecular weight is 538 g/mol. The summed E-state index contributed by atoms with van der Waals surface area (Å²) in [6, 6.07) is 7.55. The maximum Gasteiger partial charge on any atom is 0.416 e. The standard InChI is InChI=1S/C24H25F6NO4S/c1-14(16-11-17(23(25,26)27)13-18(12-16)24(28,29)30)22(32)31-19-9-7-15(8-10-19)20-5-3-4-6-21(20)35-36(2,33)34/h3-6,11-15,19H,7-10H2,1-2H3,(H,31,32). The van der Waals surface area contributed by atoms with E-state index < -0.39 is 45.4 Å². The summed E-state index contributed by atoms with van der Waals surface area (Å²) in [4.78, 5) is 12.7. The minimum absolute atomic E-state index is 0.0285. The first kappa shape index (κ1) is 27.8. The van der Waals surface area contributed by atoms with Crippen molar-refractivity contribution in [3.8, 4) is 5.75 Å². The molecule has 1 N–H and O–H groups in total. The summed E-state index contributed by atoms with van der Waals surface area (Å²) in [6.45, 7) is 1.26. The van der Waals surface area contributed by atoms with Crippen molar-refractivity contribution in [3.63, 3.8) is 0 Å². The molecular weight excluding hydrogens is 512 g/mol. The zero-order valence-corrected chi connectivity index (χ0v) is 20.2. The van der Waals surface area contributed by atoms with E-state index >= 15 is 0 Å². The number of carbonyl (C=O) groups excluding carboxylic acids is 1. The molecule has 5 nitrogen and oxygen atoms in total. The van der Waals surface area contributed by atoms with Crippen LogP contribution >= 0.6 is 0 Å². The van der Waals surface area contributed by atoms with Crippen LogP contribution in [0, 0.1) is 0 Å². The molecule has 36 heavy (non-hydrogen) atoms. The van der Waals surface area contributed by atoms with Crippen LogP contribution in [0.3, 0.4) is 0 Å². The molecule has 2 aromatic carbocycles. The highest BCUT2D eigenvalue weighted by atomic mass is 32.2. The molecule has 1 amide bonds. The first-order chi connectivity index (χ1) is 16.5. The average Bonchev–Trinajstić information content (AvgIpc) is 2.77. The van der Waals surface area contributed by atoms with Gasteiger partial charge in [-0.2, -0.15) is 34.8 Å². The number of hydrogen-bond donors (Lipinski definition) is 1. The monoisotopic (exact) mass is 537 g/mol. The zero-order valence-electron chi connectivity index (χ0n) is 19.4. The van der Waals surface area contributed by atoms with Gasteiger partial charge < -0.3 is 9.50 Å². The molecule has 12 heteroatoms. The fourth-order valence-corrected chi connectivity index (χ4v) is 4.79. The van der Waals surface area contributed by atoms with E-state index in [9.17, 15) is 39.6 Å². The molecule has 1 atom stereocenters. The third-order valence-corrected chi connectivity index (χ3v) is 6.66. The summed E-state index contributed by atoms with van der Waals surface area (Å²) < 4.78 is 107. The molecule has 1 fully saturated rings. The second kappa shape index (κ2) is 10.3. The van der Waals surface area contributed by atoms with E-state index in [0.29, 0.717) is 43.4 Å². The van der Waals surface area contributed by atoms with Crippen molar-refractivity contribution in [2.45, 2.75) is 62.8 Å². The van der Waals surface area contributed by atoms with E-state index in [4.69, 9.17) is 4.18 Å². The summed E-state index contributed by atoms with van der Waals surface area (Å²) in [5, 5.41) is 2.73. The fourth-order valence-electron chi connectivity index (χ4n) is 4.31. The SMILES string of the molecule is CC(C(=O)NC1CCC(c2ccccc2OS(C)(=O)=O)CC1)c1cc(C(F)(F)F)cc(C(F)(F)F)c1. The lowest BCUT2D eigenvalue weighted by atomic mass is 9.81. The Hall–Kier alpha value is -2.76. The van der Waals surface area contributed by atoms with Crippen molar-refractivity contribution >= 4 is 16.0 Å². The maximum absolute atomic E-state index is 13.2. The first-order valence-corrected chi connectivity index (χ1v) is 12.9. The number of nitrogens with one attached hydrogen (secondary N) is 1. The lowest BCUT2D eigenvalue weighted by Crippen LogP contribution is -2.39. The number of alkyl halides is 6. The van der Waals surface area contributed by atoms with E-state index in [1.807, 2.05) is 0 Å². The Balaban J connectivity index is 1.69. The molecule has 1 aliphatic carbocycles. The van der Waals surface area contributed by atoms with Crippen molar-refractivity contribution in [2.24, 2.45) is 0 Å². The van der Waals surface area contributed by atoms with Crippen LogP contribution in [0.5, 0.6) is 5.75 Å². The summed E-state index contributed by atoms with van der Waals surface area (Å²) in [5.74, 6) is -1.72. The lowest BCUT2D eigenvalue weighted by molar-refractivity contribution is -0.143. The van der Waals surface area contributed by atoms with Crippen LogP contribution in [0.2, 0.25) is 0 Å². The summed E-state index contributed by atoms with van der Waals surface area (Å²) in [6.07, 6.45) is -6.92. The van der Waals surface area contributed by atoms with E-state index in [-0.39, 0.29) is 29.3 Å². The van der Waals surface area contributed by atoms with Crippen LogP contribution in [0.25, 0.3) is 0 Å². The molecule has 0 heterocycles. The predicted molar refractivity (Wildman–Crippen MR) is 120 cm³/mol. The molecule has 1 aliphatic rings. The molecule has 198 valence electrons. The van der Waals surface area contributed by atoms with Gasteiger partial charge in [-0.1, -0.05) is 18.2 Å². The van der Waals surface area contributed by atoms with Gasteiger partial charge in [0.2, 0.25) is 5.91 Å². The minimum Gasteiger partial charge on any atom is -0.382 e. The number of amides is 1. The van der Waals surface area contributed by atoms with Crippen molar-refractivity contribution in [1.82, 2.24) is 5.32 Å². The summed E-state index contributed by atoms with van der Waals surface area (Å²) in [7, 11) is -3.72. The highest BCUT2D eigenvalue weighted by Gasteiger charge is 2.38. The van der Waals surface area contributed by atoms with Gasteiger partial charge in [-0.3, -0.25) is 4.79 Å². The Labute approximate surface area is 205 Å². The van der Waals surface area contributed by atoms with Gasteiger partial charge in [0.15, 0.2) is 0 Å². The van der Waals surface area contributed by atoms with Gasteiger partial charge in [-0.05, 0) is 73.9 Å². The second-order valence-corrected chi connectivity index (χ2v) is 10.5. The minimum atomic E-state index is -5.00. The second-order valence-electron chi connectivity index (χ2n) is 8.94. The molecule has 0 bridgehead atoms. The van der Waals surface area contributed by atoms with Crippen LogP contribution in [-0.2, 0) is 27.3 Å². The van der Waals surface area contributed by atoms with Gasteiger partial charge in [-0.15, -0.1) is 0 Å². The Kier molecular flexibility index (Phi) is 7.97. The highest BCUT2D eigenvalue weighted by molar-refractivity contribution is 7.86. The van der Waals surface area contributed by atoms with Crippen molar-refractivity contribution in [2.75, 3.05) is 6.26 Å². The molecule has 1 saturated carbocycles. The molecule has 0 spiro atoms. The largest absolute Gasteiger partial charge is 0.416 e. The zero-order chi connectivity index (χ0) is 26.9. The Morgan fingerprint density at radius 2 is 1.47 bits per heavy atom. The first-order valence-electron chi connectivity index (χ1n) is 11.1. The van der Waals surface area contributed by atoms with E-state index in [2.05, 4.69) is 5.32 Å². The van der Waals surface area contributed by atoms with Gasteiger partial charge >= 0.3 is 22.5 Å². The van der Waals surface area contributed by atoms with Crippen LogP contribution in [0.1, 0.15) is 66.7 Å². The topological polar surface area (TPSA) is 72.5 Å². The van der Waals surface area contributed by atoms with Crippen LogP contribution in [0.4, 0.5) is 26.3 Å². The van der Waals surface area contributed by atoms with Crippen molar-refractivity contribution in [1.29, 1.82) is 0 Å². The third-order valence-electron chi connectivity index (χ3n) is 6.18. The quantitative estimate of drug-likeness (QED) is 0.362. The molecular formula is C24H25F6NO4S. The maximum atomic E-state index is 13.2. The highest BCUT2D eigenvalue weighted by Crippen LogP contribution is 2.39. The van der Waals surface area contributed by atoms with Gasteiger partial charge in [0, 0.05) is 6.04 Å². The van der Waals surface area contributed by atoms with E-state index in [0.717, 1.165) is 6.26 Å². The van der Waals surface area contributed by atoms with Gasteiger partial charge in [0.05, 0.1) is 23.3 Å². The number of benzene rings is 2. The van der Waals surface area contributed by atoms with E-state index in [1.54, 1.807) is 24.3 Å². The third kappa shape index (κ3) is 7.14. The van der Waals surface area contributed by atoms with Crippen molar-refractivity contribution < 1.29 is 43.7 Å². The van der Waals surface area contributed by atoms with Crippen LogP contribution < -0.4 is 9.50 Å². The molecule has 3 rings (SSSR count).